The molecular formula is C14H11N5O4. The molecule has 1 aliphatic heterocycles. The minimum atomic E-state index is -0.836. The Morgan fingerprint density at radius 1 is 1.17 bits per heavy atom. The van der Waals surface area contributed by atoms with Crippen molar-refractivity contribution in [3.63, 3.8) is 0 Å². The summed E-state index contributed by atoms with van der Waals surface area (Å²) in [5, 5.41) is 17.0. The van der Waals surface area contributed by atoms with Crippen LogP contribution in [0.25, 0.3) is 0 Å². The van der Waals surface area contributed by atoms with Crippen molar-refractivity contribution in [2.75, 3.05) is 11.9 Å². The van der Waals surface area contributed by atoms with Gasteiger partial charge in [-0.1, -0.05) is 18.2 Å². The molecule has 9 nitrogen and oxygen atoms in total. The van der Waals surface area contributed by atoms with Gasteiger partial charge in [0.15, 0.2) is 5.71 Å². The van der Waals surface area contributed by atoms with Crippen molar-refractivity contribution in [2.24, 2.45) is 10.2 Å². The molecule has 1 aliphatic rings. The smallest absolute Gasteiger partial charge is 0.328 e. The van der Waals surface area contributed by atoms with Gasteiger partial charge in [-0.25, -0.2) is 4.79 Å². The van der Waals surface area contributed by atoms with E-state index in [0.717, 1.165) is 6.21 Å². The number of aromatic hydroxyl groups is 1. The number of rotatable bonds is 2. The number of carbonyl (C=O) groups excluding carboxylic acids is 1. The number of anilines is 1. The highest BCUT2D eigenvalue weighted by molar-refractivity contribution is 6.54. The highest BCUT2D eigenvalue weighted by atomic mass is 16.3. The first-order chi connectivity index (χ1) is 11.0. The molecule has 2 heterocycles. The van der Waals surface area contributed by atoms with E-state index in [9.17, 15) is 19.5 Å². The van der Waals surface area contributed by atoms with Crippen LogP contribution in [0.4, 0.5) is 5.69 Å². The van der Waals surface area contributed by atoms with Crippen molar-refractivity contribution < 1.29 is 9.90 Å². The van der Waals surface area contributed by atoms with Crippen LogP contribution in [0.5, 0.6) is 5.88 Å². The van der Waals surface area contributed by atoms with Crippen LogP contribution >= 0.6 is 0 Å². The van der Waals surface area contributed by atoms with E-state index >= 15 is 0 Å². The maximum atomic E-state index is 12.1. The molecule has 1 aromatic heterocycles. The summed E-state index contributed by atoms with van der Waals surface area (Å²) in [6, 6.07) is 7.07. The van der Waals surface area contributed by atoms with Crippen molar-refractivity contribution in [2.45, 2.75) is 0 Å². The third-order valence-corrected chi connectivity index (χ3v) is 3.33. The summed E-state index contributed by atoms with van der Waals surface area (Å²) in [6.45, 7) is 0. The molecule has 0 saturated carbocycles. The average Bonchev–Trinajstić information content (AvgIpc) is 2.75. The number of amides is 1. The van der Waals surface area contributed by atoms with Crippen molar-refractivity contribution in [1.29, 1.82) is 0 Å². The number of H-pyrrole nitrogens is 2. The van der Waals surface area contributed by atoms with Gasteiger partial charge in [-0.2, -0.15) is 5.10 Å². The minimum absolute atomic E-state index is 0.125. The van der Waals surface area contributed by atoms with Gasteiger partial charge in [-0.05, 0) is 6.07 Å². The summed E-state index contributed by atoms with van der Waals surface area (Å²) in [6.07, 6.45) is 0.964. The standard InChI is InChI=1S/C14H11N5O4/c1-19-9-5-3-2-4-7(9)10(13(19)22)18-15-6-8-11(20)16-14(23)17-12(8)21/h2-6H,1H3,(H3,16,17,20,21,23)/b15-6+,18-10-. The summed E-state index contributed by atoms with van der Waals surface area (Å²) in [5.74, 6) is -0.957. The molecule has 23 heavy (non-hydrogen) atoms. The summed E-state index contributed by atoms with van der Waals surface area (Å²) in [7, 11) is 1.62. The molecule has 3 N–H and O–H groups in total. The molecule has 2 aromatic rings. The highest BCUT2D eigenvalue weighted by Crippen LogP contribution is 2.27. The van der Waals surface area contributed by atoms with Crippen LogP contribution in [0.15, 0.2) is 44.1 Å². The van der Waals surface area contributed by atoms with E-state index in [0.29, 0.717) is 11.3 Å². The lowest BCUT2D eigenvalue weighted by molar-refractivity contribution is -0.111. The predicted molar refractivity (Wildman–Crippen MR) is 83.3 cm³/mol. The second kappa shape index (κ2) is 5.37. The molecule has 1 amide bonds. The Balaban J connectivity index is 2.00. The number of fused-ring (bicyclic) bond motifs is 1. The van der Waals surface area contributed by atoms with E-state index in [1.54, 1.807) is 31.3 Å². The number of nitrogens with zero attached hydrogens (tertiary/aromatic N) is 3. The van der Waals surface area contributed by atoms with E-state index in [1.165, 1.54) is 4.90 Å². The molecule has 0 atom stereocenters. The minimum Gasteiger partial charge on any atom is -0.494 e. The third-order valence-electron chi connectivity index (χ3n) is 3.33. The number of aromatic nitrogens is 2. The van der Waals surface area contributed by atoms with Crippen LogP contribution in [-0.2, 0) is 4.79 Å². The van der Waals surface area contributed by atoms with Crippen LogP contribution in [0, 0.1) is 0 Å². The van der Waals surface area contributed by atoms with Gasteiger partial charge in [0, 0.05) is 12.6 Å². The number of nitrogens with one attached hydrogen (secondary N) is 2. The number of hydrogen-bond acceptors (Lipinski definition) is 6. The second-order valence-electron chi connectivity index (χ2n) is 4.75. The lowest BCUT2D eigenvalue weighted by Gasteiger charge is -2.07. The Kier molecular flexibility index (Phi) is 3.37. The predicted octanol–water partition coefficient (Wildman–Crippen LogP) is -0.432. The molecule has 0 fully saturated rings. The Hall–Kier alpha value is -3.49. The van der Waals surface area contributed by atoms with Crippen LogP contribution in [0.2, 0.25) is 0 Å². The molecule has 9 heteroatoms. The van der Waals surface area contributed by atoms with E-state index in [4.69, 9.17) is 0 Å². The molecule has 3 rings (SSSR count). The number of aromatic amines is 2. The second-order valence-corrected chi connectivity index (χ2v) is 4.75. The lowest BCUT2D eigenvalue weighted by Crippen LogP contribution is -2.25. The zero-order chi connectivity index (χ0) is 16.6. The number of para-hydroxylation sites is 1. The fourth-order valence-electron chi connectivity index (χ4n) is 2.19. The quantitative estimate of drug-likeness (QED) is 0.512. The normalized spacial score (nSPS) is 15.6. The number of carbonyl (C=O) groups is 1. The molecule has 0 aliphatic carbocycles. The molecule has 0 spiro atoms. The lowest BCUT2D eigenvalue weighted by atomic mass is 10.1. The maximum absolute atomic E-state index is 12.1. The summed E-state index contributed by atoms with van der Waals surface area (Å²) in [4.78, 5) is 40.1. The zero-order valence-corrected chi connectivity index (χ0v) is 11.9. The third kappa shape index (κ3) is 2.44. The van der Waals surface area contributed by atoms with Gasteiger partial charge in [0.25, 0.3) is 11.5 Å². The largest absolute Gasteiger partial charge is 0.494 e. The monoisotopic (exact) mass is 313 g/mol. The Morgan fingerprint density at radius 2 is 1.91 bits per heavy atom. The molecule has 0 saturated heterocycles. The van der Waals surface area contributed by atoms with E-state index in [-0.39, 0.29) is 17.2 Å². The first-order valence-electron chi connectivity index (χ1n) is 6.53. The van der Waals surface area contributed by atoms with Crippen LogP contribution in [-0.4, -0.2) is 40.0 Å². The molecule has 0 bridgehead atoms. The van der Waals surface area contributed by atoms with Crippen molar-refractivity contribution in [3.05, 3.63) is 56.2 Å². The molecular weight excluding hydrogens is 302 g/mol. The summed E-state index contributed by atoms with van der Waals surface area (Å²) in [5.41, 5.74) is -0.461. The van der Waals surface area contributed by atoms with E-state index in [2.05, 4.69) is 10.2 Å². The van der Waals surface area contributed by atoms with Crippen molar-refractivity contribution in [1.82, 2.24) is 9.97 Å². The number of benzene rings is 1. The van der Waals surface area contributed by atoms with E-state index < -0.39 is 17.1 Å². The van der Waals surface area contributed by atoms with Gasteiger partial charge in [0.2, 0.25) is 5.88 Å². The van der Waals surface area contributed by atoms with Crippen LogP contribution in [0.3, 0.4) is 0 Å². The van der Waals surface area contributed by atoms with Crippen LogP contribution < -0.4 is 16.1 Å². The summed E-state index contributed by atoms with van der Waals surface area (Å²) < 4.78 is 0. The first-order valence-corrected chi connectivity index (χ1v) is 6.53. The molecule has 0 radical (unpaired) electrons. The van der Waals surface area contributed by atoms with Gasteiger partial charge in [0.1, 0.15) is 5.56 Å². The van der Waals surface area contributed by atoms with E-state index in [1.807, 2.05) is 9.97 Å². The molecule has 0 unspecified atom stereocenters. The SMILES string of the molecule is CN1C(=O)/C(=N\N=C\c2c(O)[nH]c(=O)[nH]c2=O)c2ccccc21. The molecule has 1 aromatic carbocycles. The Morgan fingerprint density at radius 3 is 2.65 bits per heavy atom. The average molecular weight is 313 g/mol. The topological polar surface area (TPSA) is 131 Å². The zero-order valence-electron chi connectivity index (χ0n) is 11.9. The Bertz CT molecular complexity index is 970. The maximum Gasteiger partial charge on any atom is 0.328 e. The number of hydrogen-bond donors (Lipinski definition) is 3. The first kappa shape index (κ1) is 14.4. The van der Waals surface area contributed by atoms with Crippen molar-refractivity contribution >= 4 is 23.5 Å². The van der Waals surface area contributed by atoms with Crippen molar-refractivity contribution in [3.8, 4) is 5.88 Å². The molecule has 116 valence electrons. The van der Waals surface area contributed by atoms with Gasteiger partial charge < -0.3 is 10.0 Å². The van der Waals surface area contributed by atoms with Gasteiger partial charge >= 0.3 is 5.69 Å². The van der Waals surface area contributed by atoms with Gasteiger partial charge in [-0.15, -0.1) is 5.10 Å². The van der Waals surface area contributed by atoms with Gasteiger partial charge in [0.05, 0.1) is 11.9 Å². The fourth-order valence-corrected chi connectivity index (χ4v) is 2.19. The number of likely N-dealkylation sites (N-methyl/N-ethyl adjacent to an activating group) is 1. The Labute approximate surface area is 128 Å². The fraction of sp³-hybridized carbons (Fsp3) is 0.0714. The highest BCUT2D eigenvalue weighted by Gasteiger charge is 2.30. The van der Waals surface area contributed by atoms with Gasteiger partial charge in [-0.3, -0.25) is 19.6 Å². The summed E-state index contributed by atoms with van der Waals surface area (Å²) >= 11 is 0. The van der Waals surface area contributed by atoms with Crippen LogP contribution in [0.1, 0.15) is 11.1 Å².